The van der Waals surface area contributed by atoms with Gasteiger partial charge in [-0.3, -0.25) is 25.7 Å². The molecular formula is C14H12N4O5. The van der Waals surface area contributed by atoms with Gasteiger partial charge < -0.3 is 4.42 Å². The molecule has 1 heterocycles. The summed E-state index contributed by atoms with van der Waals surface area (Å²) in [5.74, 6) is 0.648. The van der Waals surface area contributed by atoms with E-state index < -0.39 is 15.5 Å². The van der Waals surface area contributed by atoms with Crippen molar-refractivity contribution in [3.05, 3.63) is 68.2 Å². The normalized spacial score (nSPS) is 11.6. The van der Waals surface area contributed by atoms with Gasteiger partial charge in [0.05, 0.1) is 28.4 Å². The van der Waals surface area contributed by atoms with Crippen LogP contribution in [-0.4, -0.2) is 16.1 Å². The van der Waals surface area contributed by atoms with Crippen LogP contribution in [0.1, 0.15) is 12.7 Å². The highest BCUT2D eigenvalue weighted by Crippen LogP contribution is 2.28. The summed E-state index contributed by atoms with van der Waals surface area (Å²) in [4.78, 5) is 20.2. The monoisotopic (exact) mass is 316 g/mol. The van der Waals surface area contributed by atoms with Crippen molar-refractivity contribution < 1.29 is 14.3 Å². The standard InChI is InChI=1S/C14H12N4O5/c1-10(7-12-3-2-6-23-12)9-15-16-13-5-4-11(17(19)20)8-14(13)18(21)22/h2-9,16H,1H3/b10-7-,15-9-. The number of nitrogens with zero attached hydrogens (tertiary/aromatic N) is 3. The molecule has 0 aliphatic carbocycles. The maximum Gasteiger partial charge on any atom is 0.301 e. The van der Waals surface area contributed by atoms with Crippen molar-refractivity contribution >= 4 is 29.4 Å². The van der Waals surface area contributed by atoms with Crippen LogP contribution in [0.25, 0.3) is 6.08 Å². The zero-order valence-electron chi connectivity index (χ0n) is 12.0. The van der Waals surface area contributed by atoms with Crippen LogP contribution in [0.4, 0.5) is 17.1 Å². The van der Waals surface area contributed by atoms with Gasteiger partial charge in [-0.25, -0.2) is 0 Å². The Morgan fingerprint density at radius 1 is 1.26 bits per heavy atom. The van der Waals surface area contributed by atoms with Crippen molar-refractivity contribution in [2.45, 2.75) is 6.92 Å². The van der Waals surface area contributed by atoms with Crippen LogP contribution in [0, 0.1) is 20.2 Å². The molecule has 0 bridgehead atoms. The molecule has 0 saturated heterocycles. The maximum atomic E-state index is 11.0. The molecule has 1 aromatic carbocycles. The van der Waals surface area contributed by atoms with Gasteiger partial charge in [0.1, 0.15) is 11.4 Å². The predicted molar refractivity (Wildman–Crippen MR) is 84.2 cm³/mol. The lowest BCUT2D eigenvalue weighted by molar-refractivity contribution is -0.393. The molecule has 0 unspecified atom stereocenters. The first kappa shape index (κ1) is 15.9. The number of hydrogen-bond acceptors (Lipinski definition) is 7. The fourth-order valence-electron chi connectivity index (χ4n) is 1.72. The van der Waals surface area contributed by atoms with Crippen LogP contribution in [0.2, 0.25) is 0 Å². The first-order valence-corrected chi connectivity index (χ1v) is 6.41. The summed E-state index contributed by atoms with van der Waals surface area (Å²) in [5.41, 5.74) is 2.52. The van der Waals surface area contributed by atoms with Gasteiger partial charge in [0.25, 0.3) is 5.69 Å². The van der Waals surface area contributed by atoms with Crippen LogP contribution >= 0.6 is 0 Å². The number of nitrogens with one attached hydrogen (secondary N) is 1. The Kier molecular flexibility index (Phi) is 4.82. The summed E-state index contributed by atoms with van der Waals surface area (Å²) < 4.78 is 5.14. The van der Waals surface area contributed by atoms with Gasteiger partial charge in [-0.15, -0.1) is 0 Å². The molecule has 0 aliphatic rings. The van der Waals surface area contributed by atoms with Crippen LogP contribution < -0.4 is 5.43 Å². The third-order valence-corrected chi connectivity index (χ3v) is 2.76. The molecule has 1 aromatic heterocycles. The van der Waals surface area contributed by atoms with E-state index in [1.807, 2.05) is 0 Å². The van der Waals surface area contributed by atoms with Crippen molar-refractivity contribution in [3.63, 3.8) is 0 Å². The molecule has 0 spiro atoms. The smallest absolute Gasteiger partial charge is 0.301 e. The largest absolute Gasteiger partial charge is 0.465 e. The molecule has 0 radical (unpaired) electrons. The summed E-state index contributed by atoms with van der Waals surface area (Å²) in [6.07, 6.45) is 4.72. The van der Waals surface area contributed by atoms with Crippen molar-refractivity contribution in [1.29, 1.82) is 0 Å². The lowest BCUT2D eigenvalue weighted by atomic mass is 10.2. The molecule has 0 fully saturated rings. The summed E-state index contributed by atoms with van der Waals surface area (Å²) in [7, 11) is 0. The molecule has 118 valence electrons. The number of furan rings is 1. The zero-order chi connectivity index (χ0) is 16.8. The molecule has 0 atom stereocenters. The summed E-state index contributed by atoms with van der Waals surface area (Å²) in [6, 6.07) is 6.79. The number of nitro benzene ring substituents is 2. The van der Waals surface area contributed by atoms with Gasteiger partial charge in [-0.2, -0.15) is 5.10 Å². The molecule has 2 aromatic rings. The minimum atomic E-state index is -0.712. The van der Waals surface area contributed by atoms with E-state index in [0.29, 0.717) is 5.76 Å². The van der Waals surface area contributed by atoms with E-state index in [4.69, 9.17) is 4.42 Å². The van der Waals surface area contributed by atoms with Gasteiger partial charge in [0.15, 0.2) is 0 Å². The third kappa shape index (κ3) is 4.24. The van der Waals surface area contributed by atoms with Crippen LogP contribution in [0.5, 0.6) is 0 Å². The predicted octanol–water partition coefficient (Wildman–Crippen LogP) is 3.60. The Balaban J connectivity index is 2.15. The highest BCUT2D eigenvalue weighted by molar-refractivity contribution is 5.84. The molecule has 9 nitrogen and oxygen atoms in total. The average molecular weight is 316 g/mol. The molecule has 1 N–H and O–H groups in total. The average Bonchev–Trinajstić information content (AvgIpc) is 2.99. The number of non-ortho nitro benzene ring substituents is 1. The number of anilines is 1. The highest BCUT2D eigenvalue weighted by Gasteiger charge is 2.18. The molecular weight excluding hydrogens is 304 g/mol. The number of benzene rings is 1. The lowest BCUT2D eigenvalue weighted by Crippen LogP contribution is -1.98. The lowest BCUT2D eigenvalue weighted by Gasteiger charge is -2.01. The second-order valence-electron chi connectivity index (χ2n) is 4.49. The van der Waals surface area contributed by atoms with Gasteiger partial charge in [0, 0.05) is 6.07 Å². The van der Waals surface area contributed by atoms with Gasteiger partial charge in [-0.05, 0) is 36.8 Å². The fraction of sp³-hybridized carbons (Fsp3) is 0.0714. The highest BCUT2D eigenvalue weighted by atomic mass is 16.6. The van der Waals surface area contributed by atoms with E-state index >= 15 is 0 Å². The van der Waals surface area contributed by atoms with Crippen molar-refractivity contribution in [2.75, 3.05) is 5.43 Å². The second-order valence-corrected chi connectivity index (χ2v) is 4.49. The van der Waals surface area contributed by atoms with E-state index in [-0.39, 0.29) is 11.4 Å². The third-order valence-electron chi connectivity index (χ3n) is 2.76. The summed E-state index contributed by atoms with van der Waals surface area (Å²) >= 11 is 0. The molecule has 2 rings (SSSR count). The van der Waals surface area contributed by atoms with E-state index in [1.54, 1.807) is 25.1 Å². The van der Waals surface area contributed by atoms with E-state index in [2.05, 4.69) is 10.5 Å². The fourth-order valence-corrected chi connectivity index (χ4v) is 1.72. The van der Waals surface area contributed by atoms with Crippen molar-refractivity contribution in [2.24, 2.45) is 5.10 Å². The van der Waals surface area contributed by atoms with E-state index in [9.17, 15) is 20.2 Å². The molecule has 23 heavy (non-hydrogen) atoms. The van der Waals surface area contributed by atoms with Crippen LogP contribution in [0.15, 0.2) is 51.7 Å². The molecule has 0 saturated carbocycles. The number of hydrogen-bond donors (Lipinski definition) is 1. The zero-order valence-corrected chi connectivity index (χ0v) is 12.0. The van der Waals surface area contributed by atoms with Crippen molar-refractivity contribution in [1.82, 2.24) is 0 Å². The van der Waals surface area contributed by atoms with Gasteiger partial charge >= 0.3 is 5.69 Å². The summed E-state index contributed by atoms with van der Waals surface area (Å²) in [5, 5.41) is 25.5. The second kappa shape index (κ2) is 6.98. The number of rotatable bonds is 6. The van der Waals surface area contributed by atoms with Gasteiger partial charge in [-0.1, -0.05) is 0 Å². The Morgan fingerprint density at radius 3 is 2.65 bits per heavy atom. The topological polar surface area (TPSA) is 124 Å². The van der Waals surface area contributed by atoms with Crippen LogP contribution in [-0.2, 0) is 0 Å². The van der Waals surface area contributed by atoms with Crippen molar-refractivity contribution in [3.8, 4) is 0 Å². The SMILES string of the molecule is CC(/C=N\Nc1ccc([N+](=O)[O-])cc1[N+](=O)[O-])=C/c1ccco1. The number of nitro groups is 2. The first-order chi connectivity index (χ1) is 11.0. The minimum Gasteiger partial charge on any atom is -0.465 e. The Morgan fingerprint density at radius 2 is 2.04 bits per heavy atom. The Labute approximate surface area is 130 Å². The molecule has 0 amide bonds. The Bertz CT molecular complexity index is 780. The van der Waals surface area contributed by atoms with E-state index in [1.165, 1.54) is 18.5 Å². The van der Waals surface area contributed by atoms with Gasteiger partial charge in [0.2, 0.25) is 0 Å². The number of hydrazone groups is 1. The minimum absolute atomic E-state index is 0.0580. The maximum absolute atomic E-state index is 11.0. The Hall–Kier alpha value is -3.49. The quantitative estimate of drug-likeness (QED) is 0.493. The van der Waals surface area contributed by atoms with Crippen LogP contribution in [0.3, 0.4) is 0 Å². The first-order valence-electron chi connectivity index (χ1n) is 6.41. The van der Waals surface area contributed by atoms with E-state index in [0.717, 1.165) is 17.7 Å². The molecule has 9 heteroatoms. The number of allylic oxidation sites excluding steroid dienone is 1. The molecule has 0 aliphatic heterocycles. The summed E-state index contributed by atoms with van der Waals surface area (Å²) in [6.45, 7) is 1.78.